The fourth-order valence-corrected chi connectivity index (χ4v) is 6.52. The summed E-state index contributed by atoms with van der Waals surface area (Å²) in [4.78, 5) is 28.7. The second kappa shape index (κ2) is 12.3. The van der Waals surface area contributed by atoms with E-state index in [1.165, 1.54) is 0 Å². The van der Waals surface area contributed by atoms with Crippen LogP contribution in [0.5, 0.6) is 5.75 Å². The van der Waals surface area contributed by atoms with E-state index < -0.39 is 0 Å². The second-order valence-electron chi connectivity index (χ2n) is 9.19. The topological polar surface area (TPSA) is 70.6 Å². The van der Waals surface area contributed by atoms with Crippen molar-refractivity contribution in [1.29, 1.82) is 0 Å². The molecule has 0 bridgehead atoms. The molecule has 202 valence electrons. The average molecular weight is 580 g/mol. The van der Waals surface area contributed by atoms with Crippen LogP contribution in [0.3, 0.4) is 0 Å². The van der Waals surface area contributed by atoms with Gasteiger partial charge in [0.1, 0.15) is 5.75 Å². The summed E-state index contributed by atoms with van der Waals surface area (Å²) in [5.41, 5.74) is 3.36. The van der Waals surface area contributed by atoms with Crippen molar-refractivity contribution >= 4 is 67.2 Å². The van der Waals surface area contributed by atoms with Gasteiger partial charge in [0.25, 0.3) is 5.91 Å². The third-order valence-corrected chi connectivity index (χ3v) is 8.72. The molecule has 1 aliphatic heterocycles. The molecule has 3 aromatic heterocycles. The molecule has 6 rings (SSSR count). The molecule has 10 heteroatoms. The number of benzene rings is 2. The van der Waals surface area contributed by atoms with Crippen molar-refractivity contribution in [2.45, 2.75) is 6.92 Å². The molecular formula is C29H30ClN5O2S2. The fourth-order valence-electron chi connectivity index (χ4n) is 4.78. The summed E-state index contributed by atoms with van der Waals surface area (Å²) in [6.45, 7) is 7.80. The average Bonchev–Trinajstić information content (AvgIpc) is 3.63. The maximum Gasteiger partial charge on any atom is 0.252 e. The van der Waals surface area contributed by atoms with Crippen LogP contribution in [0.15, 0.2) is 66.0 Å². The maximum atomic E-state index is 13.2. The largest absolute Gasteiger partial charge is 0.494 e. The van der Waals surface area contributed by atoms with Crippen molar-refractivity contribution in [3.05, 3.63) is 71.6 Å². The lowest BCUT2D eigenvalue weighted by atomic mass is 10.1. The number of halogens is 1. The number of para-hydroxylation sites is 1. The van der Waals surface area contributed by atoms with Crippen LogP contribution in [-0.2, 0) is 0 Å². The van der Waals surface area contributed by atoms with Gasteiger partial charge in [0, 0.05) is 44.7 Å². The highest BCUT2D eigenvalue weighted by Crippen LogP contribution is 2.32. The molecule has 0 spiro atoms. The van der Waals surface area contributed by atoms with Crippen LogP contribution in [0, 0.1) is 0 Å². The zero-order valence-electron chi connectivity index (χ0n) is 21.6. The summed E-state index contributed by atoms with van der Waals surface area (Å²) in [5, 5.41) is 7.12. The van der Waals surface area contributed by atoms with E-state index in [-0.39, 0.29) is 18.3 Å². The SMILES string of the molecule is CCOc1ccc2nc(N3CCN(CCNC(=O)c4cc(-c5cccs5)nc5ccccc45)CC3)sc2c1.Cl. The minimum absolute atomic E-state index is 0. The van der Waals surface area contributed by atoms with Gasteiger partial charge < -0.3 is 15.0 Å². The summed E-state index contributed by atoms with van der Waals surface area (Å²) in [6, 6.07) is 19.9. The number of fused-ring (bicyclic) bond motifs is 2. The first-order chi connectivity index (χ1) is 18.7. The van der Waals surface area contributed by atoms with E-state index in [1.807, 2.05) is 66.9 Å². The van der Waals surface area contributed by atoms with Gasteiger partial charge in [-0.15, -0.1) is 23.7 Å². The van der Waals surface area contributed by atoms with Crippen LogP contribution in [0.25, 0.3) is 31.7 Å². The van der Waals surface area contributed by atoms with Crippen LogP contribution in [0.2, 0.25) is 0 Å². The van der Waals surface area contributed by atoms with Gasteiger partial charge in [0.05, 0.1) is 38.5 Å². The smallest absolute Gasteiger partial charge is 0.252 e. The summed E-state index contributed by atoms with van der Waals surface area (Å²) < 4.78 is 6.79. The molecule has 0 radical (unpaired) electrons. The van der Waals surface area contributed by atoms with Gasteiger partial charge >= 0.3 is 0 Å². The van der Waals surface area contributed by atoms with Gasteiger partial charge in [-0.2, -0.15) is 0 Å². The Hall–Kier alpha value is -3.24. The van der Waals surface area contributed by atoms with Crippen LogP contribution in [0.1, 0.15) is 17.3 Å². The minimum Gasteiger partial charge on any atom is -0.494 e. The number of anilines is 1. The number of amides is 1. The van der Waals surface area contributed by atoms with E-state index in [4.69, 9.17) is 14.7 Å². The standard InChI is InChI=1S/C29H29N5O2S2.ClH/c1-2-36-20-9-10-24-27(18-20)38-29(32-24)34-15-13-33(14-16-34)12-11-30-28(35)22-19-25(26-8-5-17-37-26)31-23-7-4-3-6-21(22)23;/h3-10,17-19H,2,11-16H2,1H3,(H,30,35);1H. The predicted octanol–water partition coefficient (Wildman–Crippen LogP) is 5.95. The van der Waals surface area contributed by atoms with Crippen molar-refractivity contribution in [2.24, 2.45) is 0 Å². The number of nitrogens with zero attached hydrogens (tertiary/aromatic N) is 4. The van der Waals surface area contributed by atoms with Gasteiger partial charge in [-0.05, 0) is 48.7 Å². The molecule has 5 aromatic rings. The van der Waals surface area contributed by atoms with Gasteiger partial charge in [-0.3, -0.25) is 9.69 Å². The molecule has 0 saturated carbocycles. The molecule has 1 N–H and O–H groups in total. The summed E-state index contributed by atoms with van der Waals surface area (Å²) in [7, 11) is 0. The Morgan fingerprint density at radius 1 is 1.00 bits per heavy atom. The zero-order chi connectivity index (χ0) is 25.9. The Morgan fingerprint density at radius 2 is 1.85 bits per heavy atom. The Balaban J connectivity index is 0.00000308. The second-order valence-corrected chi connectivity index (χ2v) is 11.1. The molecule has 2 aromatic carbocycles. The summed E-state index contributed by atoms with van der Waals surface area (Å²) in [5.74, 6) is 0.838. The van der Waals surface area contributed by atoms with Crippen molar-refractivity contribution in [3.63, 3.8) is 0 Å². The summed E-state index contributed by atoms with van der Waals surface area (Å²) in [6.07, 6.45) is 0. The van der Waals surface area contributed by atoms with Crippen molar-refractivity contribution in [1.82, 2.24) is 20.2 Å². The molecule has 7 nitrogen and oxygen atoms in total. The Morgan fingerprint density at radius 3 is 2.64 bits per heavy atom. The van der Waals surface area contributed by atoms with E-state index in [2.05, 4.69) is 21.2 Å². The number of ether oxygens (including phenoxy) is 1. The van der Waals surface area contributed by atoms with Crippen LogP contribution in [-0.4, -0.2) is 66.7 Å². The molecule has 1 aliphatic rings. The third kappa shape index (κ3) is 6.01. The van der Waals surface area contributed by atoms with Crippen LogP contribution in [0.4, 0.5) is 5.13 Å². The Labute approximate surface area is 241 Å². The van der Waals surface area contributed by atoms with Gasteiger partial charge in [0.2, 0.25) is 0 Å². The monoisotopic (exact) mass is 579 g/mol. The number of nitrogens with one attached hydrogen (secondary N) is 1. The van der Waals surface area contributed by atoms with Gasteiger partial charge in [-0.25, -0.2) is 9.97 Å². The van der Waals surface area contributed by atoms with E-state index in [9.17, 15) is 4.79 Å². The lowest BCUT2D eigenvalue weighted by Crippen LogP contribution is -2.48. The lowest BCUT2D eigenvalue weighted by molar-refractivity contribution is 0.0949. The quantitative estimate of drug-likeness (QED) is 0.245. The highest BCUT2D eigenvalue weighted by atomic mass is 35.5. The molecule has 1 amide bonds. The lowest BCUT2D eigenvalue weighted by Gasteiger charge is -2.34. The first kappa shape index (κ1) is 27.3. The van der Waals surface area contributed by atoms with E-state index in [1.54, 1.807) is 22.7 Å². The first-order valence-corrected chi connectivity index (χ1v) is 14.6. The number of piperazine rings is 1. The highest BCUT2D eigenvalue weighted by molar-refractivity contribution is 7.22. The number of rotatable bonds is 8. The number of pyridine rings is 1. The van der Waals surface area contributed by atoms with E-state index in [0.29, 0.717) is 18.7 Å². The fraction of sp³-hybridized carbons (Fsp3) is 0.276. The van der Waals surface area contributed by atoms with Gasteiger partial charge in [0.15, 0.2) is 5.13 Å². The molecular weight excluding hydrogens is 550 g/mol. The maximum absolute atomic E-state index is 13.2. The molecule has 0 atom stereocenters. The number of carbonyl (C=O) groups is 1. The number of aromatic nitrogens is 2. The molecule has 1 saturated heterocycles. The minimum atomic E-state index is -0.0547. The zero-order valence-corrected chi connectivity index (χ0v) is 24.1. The van der Waals surface area contributed by atoms with E-state index in [0.717, 1.165) is 75.3 Å². The van der Waals surface area contributed by atoms with Gasteiger partial charge in [-0.1, -0.05) is 35.6 Å². The van der Waals surface area contributed by atoms with E-state index >= 15 is 0 Å². The van der Waals surface area contributed by atoms with Crippen LogP contribution < -0.4 is 15.0 Å². The molecule has 1 fully saturated rings. The first-order valence-electron chi connectivity index (χ1n) is 12.9. The number of hydrogen-bond acceptors (Lipinski definition) is 8. The molecule has 4 heterocycles. The number of thiophene rings is 1. The van der Waals surface area contributed by atoms with Crippen molar-refractivity contribution in [2.75, 3.05) is 50.8 Å². The highest BCUT2D eigenvalue weighted by Gasteiger charge is 2.20. The summed E-state index contributed by atoms with van der Waals surface area (Å²) >= 11 is 3.35. The number of thiazole rings is 1. The molecule has 0 aliphatic carbocycles. The Kier molecular flexibility index (Phi) is 8.62. The Bertz CT molecular complexity index is 1570. The normalized spacial score (nSPS) is 13.9. The molecule has 39 heavy (non-hydrogen) atoms. The third-order valence-electron chi connectivity index (χ3n) is 6.75. The predicted molar refractivity (Wildman–Crippen MR) is 164 cm³/mol. The molecule has 0 unspecified atom stereocenters. The number of hydrogen-bond donors (Lipinski definition) is 1. The van der Waals surface area contributed by atoms with Crippen molar-refractivity contribution in [3.8, 4) is 16.3 Å². The van der Waals surface area contributed by atoms with Crippen molar-refractivity contribution < 1.29 is 9.53 Å². The number of carbonyl (C=O) groups excluding carboxylic acids is 1. The van der Waals surface area contributed by atoms with Crippen LogP contribution >= 0.6 is 35.1 Å².